The average Bonchev–Trinajstić information content (AvgIpc) is 2.96. The van der Waals surface area contributed by atoms with E-state index in [1.807, 2.05) is 13.0 Å². The summed E-state index contributed by atoms with van der Waals surface area (Å²) in [6, 6.07) is 5.32. The molecule has 2 heterocycles. The number of benzene rings is 1. The molecule has 0 amide bonds. The van der Waals surface area contributed by atoms with Crippen LogP contribution in [0.4, 0.5) is 8.78 Å². The molecule has 1 unspecified atom stereocenters. The van der Waals surface area contributed by atoms with Crippen LogP contribution in [-0.2, 0) is 6.54 Å². The molecule has 1 aromatic carbocycles. The van der Waals surface area contributed by atoms with E-state index in [1.54, 1.807) is 6.20 Å². The highest BCUT2D eigenvalue weighted by molar-refractivity contribution is 5.33. The van der Waals surface area contributed by atoms with Gasteiger partial charge in [-0.05, 0) is 57.0 Å². The molecule has 0 spiro atoms. The van der Waals surface area contributed by atoms with Crippen LogP contribution in [0.3, 0.4) is 0 Å². The average molecular weight is 321 g/mol. The highest BCUT2D eigenvalue weighted by atomic mass is 19.1. The topological polar surface area (TPSA) is 41.3 Å². The van der Waals surface area contributed by atoms with E-state index in [-0.39, 0.29) is 11.8 Å². The Bertz CT molecular complexity index is 664. The largest absolute Gasteiger partial charge is 0.393 e. The Morgan fingerprint density at radius 3 is 2.65 bits per heavy atom. The van der Waals surface area contributed by atoms with Crippen LogP contribution in [0.5, 0.6) is 0 Å². The summed E-state index contributed by atoms with van der Waals surface area (Å²) in [5, 5.41) is 14.0. The molecule has 0 bridgehead atoms. The molecule has 3 rings (SSSR count). The summed E-state index contributed by atoms with van der Waals surface area (Å²) >= 11 is 0. The number of rotatable bonds is 4. The maximum absolute atomic E-state index is 13.8. The van der Waals surface area contributed by atoms with E-state index in [4.69, 9.17) is 0 Å². The Kier molecular flexibility index (Phi) is 4.73. The van der Waals surface area contributed by atoms with Gasteiger partial charge in [0.1, 0.15) is 11.5 Å². The molecule has 124 valence electrons. The van der Waals surface area contributed by atoms with Crippen LogP contribution in [0.1, 0.15) is 25.5 Å². The quantitative estimate of drug-likeness (QED) is 0.941. The van der Waals surface area contributed by atoms with Crippen LogP contribution >= 0.6 is 0 Å². The Hall–Kier alpha value is -1.79. The third kappa shape index (κ3) is 3.76. The van der Waals surface area contributed by atoms with E-state index in [1.165, 1.54) is 16.8 Å². The lowest BCUT2D eigenvalue weighted by molar-refractivity contribution is 0.0691. The molecule has 4 nitrogen and oxygen atoms in total. The summed E-state index contributed by atoms with van der Waals surface area (Å²) < 4.78 is 28.2. The molecule has 1 aliphatic rings. The summed E-state index contributed by atoms with van der Waals surface area (Å²) in [5.74, 6) is -0.853. The molecule has 2 aromatic rings. The van der Waals surface area contributed by atoms with Gasteiger partial charge >= 0.3 is 0 Å². The lowest BCUT2D eigenvalue weighted by atomic mass is 9.92. The van der Waals surface area contributed by atoms with Crippen molar-refractivity contribution in [3.05, 3.63) is 47.8 Å². The first kappa shape index (κ1) is 16.1. The Balaban J connectivity index is 1.64. The van der Waals surface area contributed by atoms with Gasteiger partial charge in [0.05, 0.1) is 11.8 Å². The van der Waals surface area contributed by atoms with Gasteiger partial charge in [0, 0.05) is 18.8 Å². The van der Waals surface area contributed by atoms with Gasteiger partial charge in [-0.15, -0.1) is 0 Å². The minimum atomic E-state index is -0.627. The van der Waals surface area contributed by atoms with Gasteiger partial charge in [-0.2, -0.15) is 5.10 Å². The molecular weight excluding hydrogens is 300 g/mol. The summed E-state index contributed by atoms with van der Waals surface area (Å²) in [6.45, 7) is 4.39. The third-order valence-corrected chi connectivity index (χ3v) is 4.50. The first-order chi connectivity index (χ1) is 11.0. The van der Waals surface area contributed by atoms with Gasteiger partial charge in [0.15, 0.2) is 5.82 Å². The Labute approximate surface area is 134 Å². The normalized spacial score (nSPS) is 18.3. The van der Waals surface area contributed by atoms with Crippen LogP contribution in [0.25, 0.3) is 5.69 Å². The zero-order valence-corrected chi connectivity index (χ0v) is 13.1. The number of hydrogen-bond donors (Lipinski definition) is 1. The highest BCUT2D eigenvalue weighted by Gasteiger charge is 2.23. The molecule has 23 heavy (non-hydrogen) atoms. The maximum Gasteiger partial charge on any atom is 0.151 e. The number of halogens is 2. The van der Waals surface area contributed by atoms with Crippen LogP contribution in [0.2, 0.25) is 0 Å². The molecule has 0 saturated carbocycles. The predicted octanol–water partition coefficient (Wildman–Crippen LogP) is 2.74. The highest BCUT2D eigenvalue weighted by Crippen LogP contribution is 2.22. The van der Waals surface area contributed by atoms with Crippen LogP contribution in [0, 0.1) is 17.6 Å². The third-order valence-electron chi connectivity index (χ3n) is 4.50. The Morgan fingerprint density at radius 2 is 2.00 bits per heavy atom. The maximum atomic E-state index is 13.8. The Morgan fingerprint density at radius 1 is 1.26 bits per heavy atom. The molecule has 1 aliphatic heterocycles. The molecule has 1 aromatic heterocycles. The van der Waals surface area contributed by atoms with Crippen molar-refractivity contribution in [2.45, 2.75) is 32.4 Å². The molecule has 0 aliphatic carbocycles. The van der Waals surface area contributed by atoms with Gasteiger partial charge < -0.3 is 5.11 Å². The lowest BCUT2D eigenvalue weighted by Crippen LogP contribution is -2.36. The number of aromatic nitrogens is 2. The fourth-order valence-corrected chi connectivity index (χ4v) is 3.07. The minimum Gasteiger partial charge on any atom is -0.393 e. The minimum absolute atomic E-state index is 0.241. The molecule has 1 fully saturated rings. The molecule has 1 N–H and O–H groups in total. The second-order valence-electron chi connectivity index (χ2n) is 6.20. The van der Waals surface area contributed by atoms with Crippen molar-refractivity contribution in [3.8, 4) is 5.69 Å². The van der Waals surface area contributed by atoms with E-state index < -0.39 is 11.6 Å². The number of likely N-dealkylation sites (tertiary alicyclic amines) is 1. The second-order valence-corrected chi connectivity index (χ2v) is 6.20. The monoisotopic (exact) mass is 321 g/mol. The zero-order chi connectivity index (χ0) is 16.4. The fourth-order valence-electron chi connectivity index (χ4n) is 3.07. The van der Waals surface area contributed by atoms with Crippen LogP contribution in [-0.4, -0.2) is 39.0 Å². The lowest BCUT2D eigenvalue weighted by Gasteiger charge is -2.32. The van der Waals surface area contributed by atoms with Gasteiger partial charge in [-0.1, -0.05) is 0 Å². The molecular formula is C17H21F2N3O. The smallest absolute Gasteiger partial charge is 0.151 e. The van der Waals surface area contributed by atoms with Crippen molar-refractivity contribution < 1.29 is 13.9 Å². The molecule has 0 radical (unpaired) electrons. The number of aliphatic hydroxyl groups excluding tert-OH is 1. The SMILES string of the molecule is CC(O)C1CCN(Cc2ccn(-c3ccc(F)cc3F)n2)CC1. The fraction of sp³-hybridized carbons (Fsp3) is 0.471. The van der Waals surface area contributed by atoms with Crippen molar-refractivity contribution >= 4 is 0 Å². The standard InChI is InChI=1S/C17H21F2N3O/c1-12(23)13-4-7-21(8-5-13)11-15-6-9-22(20-15)17-3-2-14(18)10-16(17)19/h2-3,6,9-10,12-13,23H,4-5,7-8,11H2,1H3. The van der Waals surface area contributed by atoms with Gasteiger partial charge in [-0.25, -0.2) is 13.5 Å². The number of nitrogens with zero attached hydrogens (tertiary/aromatic N) is 3. The van der Waals surface area contributed by atoms with Gasteiger partial charge in [-0.3, -0.25) is 4.90 Å². The van der Waals surface area contributed by atoms with E-state index in [0.717, 1.165) is 37.7 Å². The molecule has 6 heteroatoms. The zero-order valence-electron chi connectivity index (χ0n) is 13.1. The summed E-state index contributed by atoms with van der Waals surface area (Å²) in [4.78, 5) is 2.28. The van der Waals surface area contributed by atoms with Crippen molar-refractivity contribution in [1.82, 2.24) is 14.7 Å². The number of piperidine rings is 1. The summed E-state index contributed by atoms with van der Waals surface area (Å²) in [5.41, 5.74) is 1.09. The van der Waals surface area contributed by atoms with Crippen LogP contribution < -0.4 is 0 Å². The first-order valence-corrected chi connectivity index (χ1v) is 7.93. The molecule has 1 saturated heterocycles. The van der Waals surface area contributed by atoms with Crippen molar-refractivity contribution in [1.29, 1.82) is 0 Å². The number of aliphatic hydroxyl groups is 1. The first-order valence-electron chi connectivity index (χ1n) is 7.93. The van der Waals surface area contributed by atoms with Crippen molar-refractivity contribution in [2.24, 2.45) is 5.92 Å². The van der Waals surface area contributed by atoms with E-state index in [0.29, 0.717) is 12.5 Å². The van der Waals surface area contributed by atoms with E-state index in [9.17, 15) is 13.9 Å². The van der Waals surface area contributed by atoms with Gasteiger partial charge in [0.25, 0.3) is 0 Å². The second kappa shape index (κ2) is 6.76. The molecule has 1 atom stereocenters. The number of hydrogen-bond acceptors (Lipinski definition) is 3. The predicted molar refractivity (Wildman–Crippen MR) is 83.2 cm³/mol. The van der Waals surface area contributed by atoms with E-state index in [2.05, 4.69) is 10.00 Å². The van der Waals surface area contributed by atoms with Crippen molar-refractivity contribution in [2.75, 3.05) is 13.1 Å². The summed E-state index contributed by atoms with van der Waals surface area (Å²) in [7, 11) is 0. The van der Waals surface area contributed by atoms with Crippen LogP contribution in [0.15, 0.2) is 30.5 Å². The summed E-state index contributed by atoms with van der Waals surface area (Å²) in [6.07, 6.45) is 3.39. The van der Waals surface area contributed by atoms with Gasteiger partial charge in [0.2, 0.25) is 0 Å². The van der Waals surface area contributed by atoms with Crippen molar-refractivity contribution in [3.63, 3.8) is 0 Å². The van der Waals surface area contributed by atoms with E-state index >= 15 is 0 Å².